The third-order valence-electron chi connectivity index (χ3n) is 8.16. The molecular weight excluding hydrogens is 493 g/mol. The predicted molar refractivity (Wildman–Crippen MR) is 142 cm³/mol. The summed E-state index contributed by atoms with van der Waals surface area (Å²) in [5.74, 6) is -1.41. The molecule has 198 valence electrons. The number of hydrogen-bond acceptors (Lipinski definition) is 4. The van der Waals surface area contributed by atoms with Crippen molar-refractivity contribution in [2.24, 2.45) is 5.41 Å². The number of rotatable bonds is 4. The van der Waals surface area contributed by atoms with Crippen LogP contribution in [-0.4, -0.2) is 41.2 Å². The number of anilines is 1. The Kier molecular flexibility index (Phi) is 6.84. The van der Waals surface area contributed by atoms with Gasteiger partial charge in [-0.3, -0.25) is 9.59 Å². The zero-order chi connectivity index (χ0) is 26.5. The molecule has 2 aliphatic heterocycles. The van der Waals surface area contributed by atoms with Gasteiger partial charge in [0.15, 0.2) is 0 Å². The summed E-state index contributed by atoms with van der Waals surface area (Å²) in [6, 6.07) is 10.6. The number of aliphatic hydroxyl groups is 1. The van der Waals surface area contributed by atoms with E-state index in [0.717, 1.165) is 5.56 Å². The second-order valence-corrected chi connectivity index (χ2v) is 12.5. The summed E-state index contributed by atoms with van der Waals surface area (Å²) in [4.78, 5) is 28.0. The van der Waals surface area contributed by atoms with Crippen molar-refractivity contribution >= 4 is 29.1 Å². The fourth-order valence-corrected chi connectivity index (χ4v) is 6.83. The molecule has 2 aromatic carbocycles. The average molecular weight is 528 g/mol. The fourth-order valence-electron chi connectivity index (χ4n) is 6.63. The highest BCUT2D eigenvalue weighted by molar-refractivity contribution is 6.30. The van der Waals surface area contributed by atoms with E-state index in [9.17, 15) is 19.1 Å². The molecule has 2 heterocycles. The van der Waals surface area contributed by atoms with Crippen LogP contribution < -0.4 is 16.0 Å². The highest BCUT2D eigenvalue weighted by Gasteiger charge is 2.65. The van der Waals surface area contributed by atoms with Gasteiger partial charge < -0.3 is 21.1 Å². The molecule has 1 saturated carbocycles. The van der Waals surface area contributed by atoms with Crippen LogP contribution in [0.4, 0.5) is 10.1 Å². The van der Waals surface area contributed by atoms with Gasteiger partial charge in [-0.15, -0.1) is 0 Å². The Bertz CT molecular complexity index is 1210. The first kappa shape index (κ1) is 26.1. The fraction of sp³-hybridized carbons (Fsp3) is 0.517. The maximum Gasteiger partial charge on any atom is 0.238 e. The molecule has 37 heavy (non-hydrogen) atoms. The molecule has 4 atom stereocenters. The van der Waals surface area contributed by atoms with Gasteiger partial charge in [-0.05, 0) is 72.9 Å². The number of carbonyl (C=O) groups is 2. The minimum absolute atomic E-state index is 0.0332. The number of hydrogen-bond donors (Lipinski definition) is 4. The quantitative estimate of drug-likeness (QED) is 0.466. The zero-order valence-corrected chi connectivity index (χ0v) is 22.2. The van der Waals surface area contributed by atoms with E-state index in [2.05, 4.69) is 36.7 Å². The lowest BCUT2D eigenvalue weighted by Crippen LogP contribution is -2.49. The topological polar surface area (TPSA) is 90.5 Å². The Balaban J connectivity index is 1.64. The van der Waals surface area contributed by atoms with Crippen molar-refractivity contribution in [3.63, 3.8) is 0 Å². The van der Waals surface area contributed by atoms with Crippen LogP contribution in [0.25, 0.3) is 0 Å². The highest BCUT2D eigenvalue weighted by Crippen LogP contribution is 2.56. The summed E-state index contributed by atoms with van der Waals surface area (Å²) in [5.41, 5.74) is 0.633. The summed E-state index contributed by atoms with van der Waals surface area (Å²) >= 11 is 6.42. The van der Waals surface area contributed by atoms with Crippen molar-refractivity contribution in [2.75, 3.05) is 5.32 Å². The van der Waals surface area contributed by atoms with E-state index < -0.39 is 23.2 Å². The van der Waals surface area contributed by atoms with Crippen molar-refractivity contribution in [3.05, 3.63) is 64.4 Å². The lowest BCUT2D eigenvalue weighted by atomic mass is 9.62. The van der Waals surface area contributed by atoms with Crippen molar-refractivity contribution in [2.45, 2.75) is 88.4 Å². The Hall–Kier alpha value is -2.48. The van der Waals surface area contributed by atoms with Crippen LogP contribution in [0.3, 0.4) is 0 Å². The lowest BCUT2D eigenvalue weighted by Gasteiger charge is -2.37. The van der Waals surface area contributed by atoms with Crippen LogP contribution >= 0.6 is 11.6 Å². The van der Waals surface area contributed by atoms with Gasteiger partial charge in [-0.25, -0.2) is 4.39 Å². The minimum Gasteiger partial charge on any atom is -0.393 e. The molecule has 3 aliphatic rings. The molecule has 6 nitrogen and oxygen atoms in total. The Labute approximate surface area is 222 Å². The van der Waals surface area contributed by atoms with Gasteiger partial charge in [0.25, 0.3) is 0 Å². The predicted octanol–water partition coefficient (Wildman–Crippen LogP) is 4.65. The van der Waals surface area contributed by atoms with E-state index >= 15 is 0 Å². The number of amides is 2. The maximum atomic E-state index is 14.2. The molecule has 1 aliphatic carbocycles. The van der Waals surface area contributed by atoms with E-state index in [4.69, 9.17) is 11.6 Å². The molecule has 1 saturated heterocycles. The molecule has 1 spiro atoms. The van der Waals surface area contributed by atoms with Gasteiger partial charge in [-0.1, -0.05) is 50.6 Å². The Morgan fingerprint density at radius 2 is 1.89 bits per heavy atom. The van der Waals surface area contributed by atoms with Crippen LogP contribution in [0, 0.1) is 11.2 Å². The number of benzene rings is 2. The number of halogens is 2. The Morgan fingerprint density at radius 3 is 2.57 bits per heavy atom. The molecule has 5 rings (SSSR count). The summed E-state index contributed by atoms with van der Waals surface area (Å²) in [7, 11) is 0. The second-order valence-electron chi connectivity index (χ2n) is 12.0. The smallest absolute Gasteiger partial charge is 0.238 e. The molecule has 8 heteroatoms. The standard InChI is InChI=1S/C29H35ClFN3O3/c1-28(2,3)15-23-29(21-12-7-18(31)14-22(21)33-27(29)37)24(16-5-4-6-17(30)13-16)25(34-23)26(36)32-19-8-10-20(35)11-9-19/h4-7,12-14,19-20,23-25,34-35H,8-11,15H2,1-3H3,(H,32,36)(H,33,37)/t19-,20+,23-,24-,25+,29+/m0/s1. The van der Waals surface area contributed by atoms with E-state index in [0.29, 0.717) is 48.4 Å². The number of carbonyl (C=O) groups excluding carboxylic acids is 2. The first-order valence-electron chi connectivity index (χ1n) is 13.1. The van der Waals surface area contributed by atoms with Crippen LogP contribution in [0.2, 0.25) is 5.02 Å². The summed E-state index contributed by atoms with van der Waals surface area (Å²) in [5, 5.41) is 20.1. The minimum atomic E-state index is -1.13. The third-order valence-corrected chi connectivity index (χ3v) is 8.39. The molecule has 4 N–H and O–H groups in total. The molecule has 0 unspecified atom stereocenters. The molecule has 2 aromatic rings. The average Bonchev–Trinajstić information content (AvgIpc) is 3.29. The zero-order valence-electron chi connectivity index (χ0n) is 21.5. The van der Waals surface area contributed by atoms with E-state index in [1.54, 1.807) is 12.1 Å². The van der Waals surface area contributed by atoms with Gasteiger partial charge >= 0.3 is 0 Å². The highest BCUT2D eigenvalue weighted by atomic mass is 35.5. The molecule has 2 fully saturated rings. The summed E-state index contributed by atoms with van der Waals surface area (Å²) in [6.45, 7) is 6.32. The normalized spacial score (nSPS) is 31.3. The van der Waals surface area contributed by atoms with Gasteiger partial charge in [0.2, 0.25) is 11.8 Å². The van der Waals surface area contributed by atoms with Crippen LogP contribution in [0.5, 0.6) is 0 Å². The third kappa shape index (κ3) is 4.77. The first-order chi connectivity index (χ1) is 17.5. The lowest BCUT2D eigenvalue weighted by molar-refractivity contribution is -0.124. The monoisotopic (exact) mass is 527 g/mol. The molecule has 2 amide bonds. The van der Waals surface area contributed by atoms with E-state index in [1.807, 2.05) is 18.2 Å². The molecule has 0 bridgehead atoms. The van der Waals surface area contributed by atoms with Gasteiger partial charge in [0, 0.05) is 28.7 Å². The number of nitrogens with one attached hydrogen (secondary N) is 3. The number of aliphatic hydroxyl groups excluding tert-OH is 1. The van der Waals surface area contributed by atoms with Crippen molar-refractivity contribution < 1.29 is 19.1 Å². The van der Waals surface area contributed by atoms with Crippen LogP contribution in [-0.2, 0) is 15.0 Å². The van der Waals surface area contributed by atoms with Crippen LogP contribution in [0.15, 0.2) is 42.5 Å². The summed E-state index contributed by atoms with van der Waals surface area (Å²) < 4.78 is 14.2. The van der Waals surface area contributed by atoms with Crippen LogP contribution in [0.1, 0.15) is 69.9 Å². The SMILES string of the molecule is CC(C)(C)C[C@@H]1N[C@@H](C(=O)N[C@H]2CC[C@@H](O)CC2)[C@H](c2cccc(Cl)c2)[C@]12C(=O)Nc1cc(F)ccc12. The van der Waals surface area contributed by atoms with Crippen molar-refractivity contribution in [1.29, 1.82) is 0 Å². The van der Waals surface area contributed by atoms with E-state index in [1.165, 1.54) is 12.1 Å². The first-order valence-corrected chi connectivity index (χ1v) is 13.5. The van der Waals surface area contributed by atoms with Gasteiger partial charge in [-0.2, -0.15) is 0 Å². The molecular formula is C29H35ClFN3O3. The van der Waals surface area contributed by atoms with Crippen molar-refractivity contribution in [3.8, 4) is 0 Å². The molecule has 0 radical (unpaired) electrons. The van der Waals surface area contributed by atoms with Gasteiger partial charge in [0.05, 0.1) is 12.1 Å². The largest absolute Gasteiger partial charge is 0.393 e. The van der Waals surface area contributed by atoms with Crippen molar-refractivity contribution in [1.82, 2.24) is 10.6 Å². The second kappa shape index (κ2) is 9.68. The number of fused-ring (bicyclic) bond motifs is 2. The molecule has 0 aromatic heterocycles. The summed E-state index contributed by atoms with van der Waals surface area (Å²) in [6.07, 6.45) is 3.02. The van der Waals surface area contributed by atoms with E-state index in [-0.39, 0.29) is 35.4 Å². The maximum absolute atomic E-state index is 14.2. The Morgan fingerprint density at radius 1 is 1.16 bits per heavy atom. The van der Waals surface area contributed by atoms with Gasteiger partial charge in [0.1, 0.15) is 11.2 Å².